The summed E-state index contributed by atoms with van der Waals surface area (Å²) in [5, 5.41) is 0.130. The van der Waals surface area contributed by atoms with Crippen molar-refractivity contribution in [2.24, 2.45) is 0 Å². The van der Waals surface area contributed by atoms with E-state index in [1.807, 2.05) is 0 Å². The molecule has 0 unspecified atom stereocenters. The van der Waals surface area contributed by atoms with Crippen molar-refractivity contribution in [3.63, 3.8) is 0 Å². The Hall–Kier alpha value is -0.710. The Balaban J connectivity index is 2.69. The number of hydrogen-bond donors (Lipinski definition) is 0. The first-order chi connectivity index (χ1) is 7.11. The molecular formula is C9H3Cl2F2NS. The van der Waals surface area contributed by atoms with E-state index >= 15 is 0 Å². The minimum absolute atomic E-state index is 0.0549. The molecule has 1 nitrogen and oxygen atoms in total. The highest BCUT2D eigenvalue weighted by molar-refractivity contribution is 7.10. The van der Waals surface area contributed by atoms with E-state index in [1.165, 1.54) is 6.07 Å². The van der Waals surface area contributed by atoms with Gasteiger partial charge in [-0.3, -0.25) is 0 Å². The Labute approximate surface area is 98.4 Å². The molecule has 0 saturated heterocycles. The lowest BCUT2D eigenvalue weighted by atomic mass is 10.1. The fourth-order valence-corrected chi connectivity index (χ4v) is 2.40. The normalized spacial score (nSPS) is 10.7. The van der Waals surface area contributed by atoms with Crippen LogP contribution in [0.15, 0.2) is 18.2 Å². The van der Waals surface area contributed by atoms with Crippen LogP contribution in [0.25, 0.3) is 10.4 Å². The fraction of sp³-hybridized carbons (Fsp3) is 0. The van der Waals surface area contributed by atoms with Crippen molar-refractivity contribution in [2.45, 2.75) is 0 Å². The number of benzene rings is 1. The Morgan fingerprint density at radius 2 is 1.73 bits per heavy atom. The SMILES string of the molecule is Fc1cccc(F)c1-c1snc(Cl)c1Cl. The molecule has 78 valence electrons. The van der Waals surface area contributed by atoms with E-state index in [9.17, 15) is 8.78 Å². The fourth-order valence-electron chi connectivity index (χ4n) is 1.13. The number of aromatic nitrogens is 1. The maximum atomic E-state index is 13.4. The lowest BCUT2D eigenvalue weighted by Gasteiger charge is -2.01. The van der Waals surface area contributed by atoms with Gasteiger partial charge in [-0.25, -0.2) is 8.78 Å². The van der Waals surface area contributed by atoms with E-state index in [-0.39, 0.29) is 20.6 Å². The summed E-state index contributed by atoms with van der Waals surface area (Å²) < 4.78 is 30.4. The summed E-state index contributed by atoms with van der Waals surface area (Å²) in [5.41, 5.74) is -0.188. The predicted molar refractivity (Wildman–Crippen MR) is 57.5 cm³/mol. The van der Waals surface area contributed by atoms with E-state index in [0.717, 1.165) is 23.7 Å². The van der Waals surface area contributed by atoms with Crippen LogP contribution in [0.4, 0.5) is 8.78 Å². The monoisotopic (exact) mass is 265 g/mol. The molecule has 0 aliphatic heterocycles. The molecule has 1 aromatic heterocycles. The van der Waals surface area contributed by atoms with Crippen LogP contribution in [0, 0.1) is 11.6 Å². The Morgan fingerprint density at radius 3 is 2.20 bits per heavy atom. The second-order valence-corrected chi connectivity index (χ2v) is 4.22. The molecule has 0 spiro atoms. The highest BCUT2D eigenvalue weighted by Crippen LogP contribution is 2.39. The molecule has 15 heavy (non-hydrogen) atoms. The van der Waals surface area contributed by atoms with Crippen LogP contribution in [0.3, 0.4) is 0 Å². The van der Waals surface area contributed by atoms with E-state index < -0.39 is 11.6 Å². The summed E-state index contributed by atoms with van der Waals surface area (Å²) in [4.78, 5) is 0.206. The molecule has 1 aromatic carbocycles. The third-order valence-corrected chi connectivity index (χ3v) is 3.60. The smallest absolute Gasteiger partial charge is 0.162 e. The lowest BCUT2D eigenvalue weighted by molar-refractivity contribution is 0.590. The second kappa shape index (κ2) is 4.04. The molecule has 1 heterocycles. The summed E-state index contributed by atoms with van der Waals surface area (Å²) >= 11 is 12.2. The summed E-state index contributed by atoms with van der Waals surface area (Å²) in [7, 11) is 0. The topological polar surface area (TPSA) is 12.9 Å². The minimum Gasteiger partial charge on any atom is -0.206 e. The van der Waals surface area contributed by atoms with Gasteiger partial charge in [-0.05, 0) is 23.7 Å². The van der Waals surface area contributed by atoms with Gasteiger partial charge in [0.2, 0.25) is 0 Å². The summed E-state index contributed by atoms with van der Waals surface area (Å²) in [5.74, 6) is -1.37. The van der Waals surface area contributed by atoms with Crippen molar-refractivity contribution in [3.05, 3.63) is 40.0 Å². The molecule has 0 saturated carbocycles. The minimum atomic E-state index is -0.683. The van der Waals surface area contributed by atoms with Gasteiger partial charge in [-0.1, -0.05) is 29.3 Å². The molecule has 2 rings (SSSR count). The van der Waals surface area contributed by atoms with Crippen molar-refractivity contribution in [2.75, 3.05) is 0 Å². The highest BCUT2D eigenvalue weighted by Gasteiger charge is 2.18. The van der Waals surface area contributed by atoms with Crippen LogP contribution in [-0.2, 0) is 0 Å². The zero-order valence-corrected chi connectivity index (χ0v) is 9.43. The third-order valence-electron chi connectivity index (χ3n) is 1.79. The van der Waals surface area contributed by atoms with Crippen LogP contribution in [0.2, 0.25) is 10.2 Å². The van der Waals surface area contributed by atoms with E-state index in [2.05, 4.69) is 4.37 Å². The Morgan fingerprint density at radius 1 is 1.13 bits per heavy atom. The van der Waals surface area contributed by atoms with Crippen LogP contribution in [0.5, 0.6) is 0 Å². The van der Waals surface area contributed by atoms with Gasteiger partial charge in [0.25, 0.3) is 0 Å². The standard InChI is InChI=1S/C9H3Cl2F2NS/c10-7-8(15-14-9(7)11)6-4(12)2-1-3-5(6)13/h1-3H. The van der Waals surface area contributed by atoms with Crippen LogP contribution in [0.1, 0.15) is 0 Å². The number of halogens is 4. The molecule has 2 aromatic rings. The average Bonchev–Trinajstić information content (AvgIpc) is 2.49. The lowest BCUT2D eigenvalue weighted by Crippen LogP contribution is -1.87. The van der Waals surface area contributed by atoms with Crippen LogP contribution >= 0.6 is 34.7 Å². The van der Waals surface area contributed by atoms with Crippen molar-refractivity contribution in [1.82, 2.24) is 4.37 Å². The number of rotatable bonds is 1. The molecule has 0 bridgehead atoms. The molecule has 0 radical (unpaired) electrons. The van der Waals surface area contributed by atoms with Gasteiger partial charge >= 0.3 is 0 Å². The first-order valence-electron chi connectivity index (χ1n) is 3.86. The van der Waals surface area contributed by atoms with E-state index in [1.54, 1.807) is 0 Å². The summed E-state index contributed by atoms with van der Waals surface area (Å²) in [6.45, 7) is 0. The van der Waals surface area contributed by atoms with Gasteiger partial charge in [0.05, 0.1) is 15.5 Å². The summed E-state index contributed by atoms with van der Waals surface area (Å²) in [6.07, 6.45) is 0. The third kappa shape index (κ3) is 1.85. The number of hydrogen-bond acceptors (Lipinski definition) is 2. The highest BCUT2D eigenvalue weighted by atomic mass is 35.5. The zero-order valence-electron chi connectivity index (χ0n) is 7.10. The molecule has 0 N–H and O–H groups in total. The first-order valence-corrected chi connectivity index (χ1v) is 5.39. The van der Waals surface area contributed by atoms with Gasteiger partial charge < -0.3 is 0 Å². The average molecular weight is 266 g/mol. The predicted octanol–water partition coefficient (Wildman–Crippen LogP) is 4.40. The number of nitrogens with zero attached hydrogens (tertiary/aromatic N) is 1. The molecule has 0 aliphatic carbocycles. The molecular weight excluding hydrogens is 263 g/mol. The van der Waals surface area contributed by atoms with Gasteiger partial charge in [0, 0.05) is 0 Å². The summed E-state index contributed by atoms with van der Waals surface area (Å²) in [6, 6.07) is 3.59. The van der Waals surface area contributed by atoms with E-state index in [0.29, 0.717) is 0 Å². The maximum absolute atomic E-state index is 13.4. The molecule has 6 heteroatoms. The van der Waals surface area contributed by atoms with Crippen LogP contribution < -0.4 is 0 Å². The van der Waals surface area contributed by atoms with Gasteiger partial charge in [0.1, 0.15) is 11.6 Å². The van der Waals surface area contributed by atoms with Crippen molar-refractivity contribution < 1.29 is 8.78 Å². The first kappa shape index (κ1) is 10.8. The van der Waals surface area contributed by atoms with E-state index in [4.69, 9.17) is 23.2 Å². The molecule has 0 aliphatic rings. The van der Waals surface area contributed by atoms with Gasteiger partial charge in [0.15, 0.2) is 5.15 Å². The Bertz CT molecular complexity index is 493. The maximum Gasteiger partial charge on any atom is 0.162 e. The largest absolute Gasteiger partial charge is 0.206 e. The Kier molecular flexibility index (Phi) is 2.91. The van der Waals surface area contributed by atoms with Crippen molar-refractivity contribution >= 4 is 34.7 Å². The molecule has 0 amide bonds. The van der Waals surface area contributed by atoms with Gasteiger partial charge in [-0.15, -0.1) is 0 Å². The van der Waals surface area contributed by atoms with Crippen molar-refractivity contribution in [1.29, 1.82) is 0 Å². The second-order valence-electron chi connectivity index (χ2n) is 2.71. The van der Waals surface area contributed by atoms with Crippen LogP contribution in [-0.4, -0.2) is 4.37 Å². The zero-order chi connectivity index (χ0) is 11.0. The van der Waals surface area contributed by atoms with Gasteiger partial charge in [-0.2, -0.15) is 4.37 Å². The molecule has 0 atom stereocenters. The quantitative estimate of drug-likeness (QED) is 0.745. The molecule has 0 fully saturated rings. The van der Waals surface area contributed by atoms with Crippen molar-refractivity contribution in [3.8, 4) is 10.4 Å².